The minimum Gasteiger partial charge on any atom is -0.423 e. The van der Waals surface area contributed by atoms with Gasteiger partial charge in [0.2, 0.25) is 0 Å². The monoisotopic (exact) mass is 245 g/mol. The third-order valence-corrected chi connectivity index (χ3v) is 3.90. The average Bonchev–Trinajstić information content (AvgIpc) is 2.84. The first-order chi connectivity index (χ1) is 8.78. The van der Waals surface area contributed by atoms with E-state index in [4.69, 9.17) is 10.2 Å². The van der Waals surface area contributed by atoms with E-state index in [1.165, 1.54) is 19.3 Å². The highest BCUT2D eigenvalue weighted by Gasteiger charge is 2.21. The fourth-order valence-electron chi connectivity index (χ4n) is 2.63. The van der Waals surface area contributed by atoms with Gasteiger partial charge < -0.3 is 15.1 Å². The van der Waals surface area contributed by atoms with Gasteiger partial charge in [0.25, 0.3) is 6.01 Å². The normalized spacial score (nSPS) is 17.5. The van der Waals surface area contributed by atoms with Crippen molar-refractivity contribution >= 4 is 22.8 Å². The van der Waals surface area contributed by atoms with Crippen LogP contribution in [0.1, 0.15) is 26.2 Å². The summed E-state index contributed by atoms with van der Waals surface area (Å²) in [7, 11) is 0. The highest BCUT2D eigenvalue weighted by molar-refractivity contribution is 5.86. The van der Waals surface area contributed by atoms with Gasteiger partial charge in [0.05, 0.1) is 5.69 Å². The number of nitrogens with zero attached hydrogens (tertiary/aromatic N) is 2. The third-order valence-electron chi connectivity index (χ3n) is 3.90. The molecule has 1 aromatic heterocycles. The molecule has 0 radical (unpaired) electrons. The Balaban J connectivity index is 1.85. The Morgan fingerprint density at radius 1 is 1.39 bits per heavy atom. The molecule has 96 valence electrons. The zero-order chi connectivity index (χ0) is 12.5. The van der Waals surface area contributed by atoms with Gasteiger partial charge in [-0.05, 0) is 30.9 Å². The summed E-state index contributed by atoms with van der Waals surface area (Å²) in [5, 5.41) is 0. The second-order valence-electron chi connectivity index (χ2n) is 5.03. The lowest BCUT2D eigenvalue weighted by atomic mass is 9.95. The molecule has 4 nitrogen and oxygen atoms in total. The zero-order valence-electron chi connectivity index (χ0n) is 10.7. The van der Waals surface area contributed by atoms with E-state index < -0.39 is 0 Å². The number of benzene rings is 1. The van der Waals surface area contributed by atoms with E-state index in [1.807, 2.05) is 18.2 Å². The molecule has 2 heterocycles. The average molecular weight is 245 g/mol. The molecule has 0 saturated carbocycles. The molecule has 2 aromatic rings. The van der Waals surface area contributed by atoms with Crippen LogP contribution in [0.5, 0.6) is 0 Å². The Morgan fingerprint density at radius 3 is 2.83 bits per heavy atom. The molecule has 1 aliphatic heterocycles. The van der Waals surface area contributed by atoms with Crippen LogP contribution in [-0.2, 0) is 0 Å². The lowest BCUT2D eigenvalue weighted by molar-refractivity contribution is 0.381. The molecule has 1 aromatic carbocycles. The van der Waals surface area contributed by atoms with Crippen molar-refractivity contribution in [1.29, 1.82) is 0 Å². The summed E-state index contributed by atoms with van der Waals surface area (Å²) in [6.45, 7) is 4.33. The van der Waals surface area contributed by atoms with Crippen LogP contribution in [0.3, 0.4) is 0 Å². The largest absolute Gasteiger partial charge is 0.423 e. The predicted octanol–water partition coefficient (Wildman–Crippen LogP) is 3.04. The summed E-state index contributed by atoms with van der Waals surface area (Å²) in [5.74, 6) is 0.857. The van der Waals surface area contributed by atoms with Crippen LogP contribution < -0.4 is 10.6 Å². The second kappa shape index (κ2) is 4.52. The van der Waals surface area contributed by atoms with Gasteiger partial charge in [0, 0.05) is 13.1 Å². The van der Waals surface area contributed by atoms with E-state index >= 15 is 0 Å². The van der Waals surface area contributed by atoms with Gasteiger partial charge in [0.1, 0.15) is 5.52 Å². The highest BCUT2D eigenvalue weighted by atomic mass is 16.4. The maximum Gasteiger partial charge on any atom is 0.298 e. The van der Waals surface area contributed by atoms with Crippen LogP contribution in [0, 0.1) is 5.92 Å². The lowest BCUT2D eigenvalue weighted by Gasteiger charge is -2.30. The molecule has 0 spiro atoms. The van der Waals surface area contributed by atoms with Crippen LogP contribution >= 0.6 is 0 Å². The quantitative estimate of drug-likeness (QED) is 0.826. The van der Waals surface area contributed by atoms with Gasteiger partial charge in [-0.3, -0.25) is 0 Å². The SMILES string of the molecule is CCC1CCN(c2nc3c(N)cccc3o2)CC1. The van der Waals surface area contributed by atoms with E-state index in [2.05, 4.69) is 16.8 Å². The summed E-state index contributed by atoms with van der Waals surface area (Å²) in [6.07, 6.45) is 3.73. The standard InChI is InChI=1S/C14H19N3O/c1-2-10-6-8-17(9-7-10)14-16-13-11(15)4-3-5-12(13)18-14/h3-5,10H,2,6-9,15H2,1H3. The van der Waals surface area contributed by atoms with Gasteiger partial charge in [-0.15, -0.1) is 0 Å². The van der Waals surface area contributed by atoms with Crippen molar-refractivity contribution in [3.8, 4) is 0 Å². The van der Waals surface area contributed by atoms with E-state index in [-0.39, 0.29) is 0 Å². The number of hydrogen-bond donors (Lipinski definition) is 1. The summed E-state index contributed by atoms with van der Waals surface area (Å²) < 4.78 is 5.79. The van der Waals surface area contributed by atoms with Crippen molar-refractivity contribution in [3.63, 3.8) is 0 Å². The Morgan fingerprint density at radius 2 is 2.17 bits per heavy atom. The van der Waals surface area contributed by atoms with Gasteiger partial charge in [-0.1, -0.05) is 19.4 Å². The van der Waals surface area contributed by atoms with Crippen molar-refractivity contribution in [2.45, 2.75) is 26.2 Å². The lowest BCUT2D eigenvalue weighted by Crippen LogP contribution is -2.33. The number of fused-ring (bicyclic) bond motifs is 1. The molecule has 1 fully saturated rings. The molecule has 18 heavy (non-hydrogen) atoms. The smallest absolute Gasteiger partial charge is 0.298 e. The van der Waals surface area contributed by atoms with Gasteiger partial charge in [-0.25, -0.2) is 0 Å². The third kappa shape index (κ3) is 1.92. The molecule has 4 heteroatoms. The molecular formula is C14H19N3O. The van der Waals surface area contributed by atoms with Gasteiger partial charge in [0.15, 0.2) is 5.58 Å². The van der Waals surface area contributed by atoms with Crippen molar-refractivity contribution in [2.75, 3.05) is 23.7 Å². The summed E-state index contributed by atoms with van der Waals surface area (Å²) in [6, 6.07) is 6.40. The minimum absolute atomic E-state index is 0.686. The Labute approximate surface area is 107 Å². The Bertz CT molecular complexity index is 541. The summed E-state index contributed by atoms with van der Waals surface area (Å²) >= 11 is 0. The van der Waals surface area contributed by atoms with E-state index in [9.17, 15) is 0 Å². The number of nitrogens with two attached hydrogens (primary N) is 1. The van der Waals surface area contributed by atoms with E-state index in [0.29, 0.717) is 5.69 Å². The molecule has 0 atom stereocenters. The van der Waals surface area contributed by atoms with Crippen LogP contribution in [0.15, 0.2) is 22.6 Å². The topological polar surface area (TPSA) is 55.3 Å². The molecule has 0 aliphatic carbocycles. The van der Waals surface area contributed by atoms with Gasteiger partial charge >= 0.3 is 0 Å². The maximum absolute atomic E-state index is 5.90. The minimum atomic E-state index is 0.686. The van der Waals surface area contributed by atoms with Crippen molar-refractivity contribution < 1.29 is 4.42 Å². The molecule has 0 bridgehead atoms. The van der Waals surface area contributed by atoms with Gasteiger partial charge in [-0.2, -0.15) is 4.98 Å². The van der Waals surface area contributed by atoms with Crippen molar-refractivity contribution in [3.05, 3.63) is 18.2 Å². The van der Waals surface area contributed by atoms with E-state index in [1.54, 1.807) is 0 Å². The number of rotatable bonds is 2. The number of anilines is 2. The number of hydrogen-bond acceptors (Lipinski definition) is 4. The number of oxazole rings is 1. The first kappa shape index (κ1) is 11.4. The number of aromatic nitrogens is 1. The van der Waals surface area contributed by atoms with Crippen molar-refractivity contribution in [1.82, 2.24) is 4.98 Å². The number of nitrogen functional groups attached to an aromatic ring is 1. The Hall–Kier alpha value is -1.71. The molecule has 0 amide bonds. The van der Waals surface area contributed by atoms with Crippen molar-refractivity contribution in [2.24, 2.45) is 5.92 Å². The summed E-state index contributed by atoms with van der Waals surface area (Å²) in [5.41, 5.74) is 8.15. The number of piperidine rings is 1. The van der Waals surface area contributed by atoms with Crippen LogP contribution in [0.2, 0.25) is 0 Å². The molecule has 1 saturated heterocycles. The van der Waals surface area contributed by atoms with Crippen LogP contribution in [-0.4, -0.2) is 18.1 Å². The first-order valence-corrected chi connectivity index (χ1v) is 6.68. The maximum atomic E-state index is 5.90. The number of para-hydroxylation sites is 1. The summed E-state index contributed by atoms with van der Waals surface area (Å²) in [4.78, 5) is 6.75. The van der Waals surface area contributed by atoms with Crippen LogP contribution in [0.25, 0.3) is 11.1 Å². The Kier molecular flexibility index (Phi) is 2.86. The fraction of sp³-hybridized carbons (Fsp3) is 0.500. The van der Waals surface area contributed by atoms with Crippen LogP contribution in [0.4, 0.5) is 11.7 Å². The first-order valence-electron chi connectivity index (χ1n) is 6.68. The van der Waals surface area contributed by atoms with E-state index in [0.717, 1.165) is 36.1 Å². The second-order valence-corrected chi connectivity index (χ2v) is 5.03. The highest BCUT2D eigenvalue weighted by Crippen LogP contribution is 2.29. The molecule has 3 rings (SSSR count). The predicted molar refractivity (Wildman–Crippen MR) is 73.6 cm³/mol. The molecule has 0 unspecified atom stereocenters. The fourth-order valence-corrected chi connectivity index (χ4v) is 2.63. The molecule has 1 aliphatic rings. The molecular weight excluding hydrogens is 226 g/mol. The zero-order valence-corrected chi connectivity index (χ0v) is 10.7. The molecule has 2 N–H and O–H groups in total.